The van der Waals surface area contributed by atoms with Crippen LogP contribution in [0.1, 0.15) is 36.8 Å². The highest BCUT2D eigenvalue weighted by Gasteiger charge is 2.27. The smallest absolute Gasteiger partial charge is 0.246 e. The molecule has 5 heteroatoms. The molecule has 3 rings (SSSR count). The molecular formula is C17H23N3O2. The van der Waals surface area contributed by atoms with Gasteiger partial charge in [-0.3, -0.25) is 14.5 Å². The molecule has 1 aromatic rings. The van der Waals surface area contributed by atoms with E-state index in [1.807, 2.05) is 26.0 Å². The molecule has 2 amide bonds. The van der Waals surface area contributed by atoms with Gasteiger partial charge in [-0.05, 0) is 49.9 Å². The van der Waals surface area contributed by atoms with Gasteiger partial charge in [0.15, 0.2) is 0 Å². The zero-order chi connectivity index (χ0) is 15.7. The minimum absolute atomic E-state index is 0.0580. The number of nitrogens with zero attached hydrogens (tertiary/aromatic N) is 1. The van der Waals surface area contributed by atoms with Crippen LogP contribution in [0.3, 0.4) is 0 Å². The van der Waals surface area contributed by atoms with E-state index in [0.717, 1.165) is 29.8 Å². The first-order chi connectivity index (χ1) is 10.5. The van der Waals surface area contributed by atoms with Gasteiger partial charge in [0.1, 0.15) is 6.54 Å². The van der Waals surface area contributed by atoms with E-state index < -0.39 is 0 Å². The van der Waals surface area contributed by atoms with Gasteiger partial charge in [0.2, 0.25) is 11.8 Å². The molecule has 0 spiro atoms. The first-order valence-electron chi connectivity index (χ1n) is 7.99. The van der Waals surface area contributed by atoms with Gasteiger partial charge in [0.25, 0.3) is 0 Å². The van der Waals surface area contributed by atoms with E-state index in [2.05, 4.69) is 10.6 Å². The van der Waals surface area contributed by atoms with Crippen molar-refractivity contribution in [1.82, 2.24) is 5.32 Å². The molecule has 118 valence electrons. The largest absolute Gasteiger partial charge is 0.374 e. The fraction of sp³-hybridized carbons (Fsp3) is 0.529. The van der Waals surface area contributed by atoms with Crippen LogP contribution in [-0.4, -0.2) is 30.9 Å². The van der Waals surface area contributed by atoms with Crippen molar-refractivity contribution in [3.05, 3.63) is 23.3 Å². The Morgan fingerprint density at radius 2 is 1.95 bits per heavy atom. The molecular weight excluding hydrogens is 278 g/mol. The molecule has 0 unspecified atom stereocenters. The highest BCUT2D eigenvalue weighted by atomic mass is 16.2. The molecule has 1 saturated carbocycles. The number of benzene rings is 1. The zero-order valence-corrected chi connectivity index (χ0v) is 13.2. The molecule has 1 aliphatic carbocycles. The van der Waals surface area contributed by atoms with Crippen LogP contribution in [0.25, 0.3) is 0 Å². The molecule has 2 aliphatic rings. The van der Waals surface area contributed by atoms with Crippen molar-refractivity contribution in [2.24, 2.45) is 0 Å². The maximum atomic E-state index is 12.2. The van der Waals surface area contributed by atoms with Gasteiger partial charge in [-0.15, -0.1) is 0 Å². The second kappa shape index (κ2) is 5.99. The van der Waals surface area contributed by atoms with Gasteiger partial charge in [-0.1, -0.05) is 12.8 Å². The molecule has 0 radical (unpaired) electrons. The number of rotatable bonds is 3. The first-order valence-corrected chi connectivity index (χ1v) is 7.99. The Morgan fingerprint density at radius 1 is 1.27 bits per heavy atom. The molecule has 1 fully saturated rings. The van der Waals surface area contributed by atoms with E-state index >= 15 is 0 Å². The van der Waals surface area contributed by atoms with Crippen molar-refractivity contribution in [1.29, 1.82) is 0 Å². The summed E-state index contributed by atoms with van der Waals surface area (Å²) < 4.78 is 0. The molecule has 0 aromatic heterocycles. The molecule has 0 saturated heterocycles. The van der Waals surface area contributed by atoms with Gasteiger partial charge in [0, 0.05) is 6.04 Å². The maximum Gasteiger partial charge on any atom is 0.246 e. The molecule has 1 heterocycles. The lowest BCUT2D eigenvalue weighted by molar-refractivity contribution is -0.123. The summed E-state index contributed by atoms with van der Waals surface area (Å²) in [6, 6.07) is 4.31. The Labute approximate surface area is 131 Å². The van der Waals surface area contributed by atoms with Crippen LogP contribution in [-0.2, 0) is 9.59 Å². The number of hydrogen-bond acceptors (Lipinski definition) is 3. The Kier molecular flexibility index (Phi) is 4.05. The van der Waals surface area contributed by atoms with Crippen molar-refractivity contribution in [3.63, 3.8) is 0 Å². The van der Waals surface area contributed by atoms with Gasteiger partial charge in [-0.25, -0.2) is 0 Å². The molecule has 0 bridgehead atoms. The topological polar surface area (TPSA) is 61.4 Å². The van der Waals surface area contributed by atoms with Crippen LogP contribution < -0.4 is 15.5 Å². The van der Waals surface area contributed by atoms with Crippen LogP contribution in [0.15, 0.2) is 12.1 Å². The number of aryl methyl sites for hydroxylation is 2. The van der Waals surface area contributed by atoms with Gasteiger partial charge in [-0.2, -0.15) is 0 Å². The van der Waals surface area contributed by atoms with Crippen molar-refractivity contribution in [2.75, 3.05) is 23.3 Å². The second-order valence-corrected chi connectivity index (χ2v) is 6.34. The Bertz CT molecular complexity index is 606. The third-order valence-electron chi connectivity index (χ3n) is 4.66. The number of anilines is 2. The van der Waals surface area contributed by atoms with Gasteiger partial charge >= 0.3 is 0 Å². The monoisotopic (exact) mass is 301 g/mol. The maximum absolute atomic E-state index is 12.2. The lowest BCUT2D eigenvalue weighted by Crippen LogP contribution is -2.47. The number of carbonyl (C=O) groups excluding carboxylic acids is 2. The van der Waals surface area contributed by atoms with Crippen LogP contribution in [0.5, 0.6) is 0 Å². The third-order valence-corrected chi connectivity index (χ3v) is 4.66. The molecule has 1 aromatic carbocycles. The van der Waals surface area contributed by atoms with Crippen molar-refractivity contribution >= 4 is 23.2 Å². The molecule has 2 N–H and O–H groups in total. The van der Waals surface area contributed by atoms with Crippen LogP contribution in [0.2, 0.25) is 0 Å². The fourth-order valence-electron chi connectivity index (χ4n) is 3.23. The van der Waals surface area contributed by atoms with Crippen LogP contribution >= 0.6 is 0 Å². The quantitative estimate of drug-likeness (QED) is 0.899. The van der Waals surface area contributed by atoms with Crippen molar-refractivity contribution in [2.45, 2.75) is 45.6 Å². The average Bonchev–Trinajstić information content (AvgIpc) is 2.97. The molecule has 22 heavy (non-hydrogen) atoms. The minimum Gasteiger partial charge on any atom is -0.374 e. The Balaban J connectivity index is 1.76. The Morgan fingerprint density at radius 3 is 2.68 bits per heavy atom. The first kappa shape index (κ1) is 14.9. The summed E-state index contributed by atoms with van der Waals surface area (Å²) in [6.07, 6.45) is 4.46. The van der Waals surface area contributed by atoms with Crippen molar-refractivity contribution < 1.29 is 9.59 Å². The number of amides is 2. The van der Waals surface area contributed by atoms with E-state index in [9.17, 15) is 9.59 Å². The van der Waals surface area contributed by atoms with Gasteiger partial charge < -0.3 is 10.6 Å². The normalized spacial score (nSPS) is 18.1. The molecule has 5 nitrogen and oxygen atoms in total. The van der Waals surface area contributed by atoms with E-state index in [1.165, 1.54) is 18.4 Å². The van der Waals surface area contributed by atoms with E-state index in [-0.39, 0.29) is 30.9 Å². The average molecular weight is 301 g/mol. The van der Waals surface area contributed by atoms with Crippen LogP contribution in [0, 0.1) is 13.8 Å². The van der Waals surface area contributed by atoms with Crippen molar-refractivity contribution in [3.8, 4) is 0 Å². The predicted octanol–water partition coefficient (Wildman–Crippen LogP) is 2.12. The summed E-state index contributed by atoms with van der Waals surface area (Å²) in [4.78, 5) is 26.1. The summed E-state index contributed by atoms with van der Waals surface area (Å²) >= 11 is 0. The number of hydrogen-bond donors (Lipinski definition) is 2. The minimum atomic E-state index is -0.0636. The standard InChI is InChI=1S/C17H23N3O2/c1-11-7-14-15(8-12(11)2)20(17(22)9-18-14)10-16(21)19-13-5-3-4-6-13/h7-8,13,18H,3-6,9-10H2,1-2H3,(H,19,21). The predicted molar refractivity (Wildman–Crippen MR) is 87.2 cm³/mol. The SMILES string of the molecule is Cc1cc2c(cc1C)N(CC(=O)NC1CCCC1)C(=O)CN2. The summed E-state index contributed by atoms with van der Waals surface area (Å²) in [5, 5.41) is 6.18. The molecule has 1 aliphatic heterocycles. The molecule has 0 atom stereocenters. The van der Waals surface area contributed by atoms with E-state index in [1.54, 1.807) is 4.90 Å². The third kappa shape index (κ3) is 2.93. The highest BCUT2D eigenvalue weighted by Crippen LogP contribution is 2.32. The lowest BCUT2D eigenvalue weighted by atomic mass is 10.1. The number of fused-ring (bicyclic) bond motifs is 1. The Hall–Kier alpha value is -2.04. The summed E-state index contributed by atoms with van der Waals surface area (Å²) in [5.41, 5.74) is 4.03. The fourth-order valence-corrected chi connectivity index (χ4v) is 3.23. The summed E-state index contributed by atoms with van der Waals surface area (Å²) in [7, 11) is 0. The number of nitrogens with one attached hydrogen (secondary N) is 2. The second-order valence-electron chi connectivity index (χ2n) is 6.34. The summed E-state index contributed by atoms with van der Waals surface area (Å²) in [5.74, 6) is -0.122. The van der Waals surface area contributed by atoms with Crippen LogP contribution in [0.4, 0.5) is 11.4 Å². The van der Waals surface area contributed by atoms with Gasteiger partial charge in [0.05, 0.1) is 17.9 Å². The highest BCUT2D eigenvalue weighted by molar-refractivity contribution is 6.06. The number of carbonyl (C=O) groups is 2. The van der Waals surface area contributed by atoms with E-state index in [4.69, 9.17) is 0 Å². The lowest BCUT2D eigenvalue weighted by Gasteiger charge is -2.31. The summed E-state index contributed by atoms with van der Waals surface area (Å²) in [6.45, 7) is 4.41. The van der Waals surface area contributed by atoms with E-state index in [0.29, 0.717) is 0 Å². The zero-order valence-electron chi connectivity index (χ0n) is 13.2.